The Kier molecular flexibility index (Phi) is 7.41. The molecule has 0 unspecified atom stereocenters. The molecule has 0 bridgehead atoms. The molecule has 0 aliphatic rings. The van der Waals surface area contributed by atoms with Gasteiger partial charge in [0.05, 0.1) is 16.5 Å². The van der Waals surface area contributed by atoms with Crippen LogP contribution in [0, 0.1) is 0 Å². The van der Waals surface area contributed by atoms with Gasteiger partial charge in [0, 0.05) is 5.02 Å². The van der Waals surface area contributed by atoms with Crippen molar-refractivity contribution < 1.29 is 13.9 Å². The maximum Gasteiger partial charge on any atom is 0.277 e. The van der Waals surface area contributed by atoms with Crippen molar-refractivity contribution >= 4 is 46.6 Å². The normalized spacial score (nSPS) is 10.9. The van der Waals surface area contributed by atoms with Crippen LogP contribution in [0.4, 0.5) is 5.69 Å². The second-order valence-electron chi connectivity index (χ2n) is 6.44. The number of aromatic nitrogens is 2. The topological polar surface area (TPSA) is 77.2 Å². The second kappa shape index (κ2) is 10.0. The van der Waals surface area contributed by atoms with Crippen molar-refractivity contribution in [3.05, 3.63) is 64.0 Å². The zero-order chi connectivity index (χ0) is 20.8. The van der Waals surface area contributed by atoms with Gasteiger partial charge in [0.1, 0.15) is 5.75 Å². The number of anilines is 1. The summed E-state index contributed by atoms with van der Waals surface area (Å²) >= 11 is 13.1. The minimum absolute atomic E-state index is 0.0853. The van der Waals surface area contributed by atoms with E-state index in [1.165, 1.54) is 5.56 Å². The minimum Gasteiger partial charge on any atom is -0.484 e. The fourth-order valence-corrected chi connectivity index (χ4v) is 3.27. The zero-order valence-corrected chi connectivity index (χ0v) is 18.1. The molecule has 0 saturated carbocycles. The van der Waals surface area contributed by atoms with Gasteiger partial charge < -0.3 is 14.5 Å². The van der Waals surface area contributed by atoms with E-state index < -0.39 is 0 Å². The van der Waals surface area contributed by atoms with Gasteiger partial charge in [0.15, 0.2) is 6.61 Å². The van der Waals surface area contributed by atoms with Gasteiger partial charge in [-0.15, -0.1) is 10.2 Å². The third-order valence-corrected chi connectivity index (χ3v) is 5.27. The summed E-state index contributed by atoms with van der Waals surface area (Å²) in [4.78, 5) is 12.1. The maximum atomic E-state index is 12.1. The van der Waals surface area contributed by atoms with Crippen LogP contribution in [0.3, 0.4) is 0 Å². The first-order chi connectivity index (χ1) is 13.9. The SMILES string of the molecule is CC(C)c1ccc(OCc2nnc(SCC(=O)Nc3cc(Cl)ccc3Cl)o2)cc1. The predicted octanol–water partition coefficient (Wildman–Crippen LogP) is 5.81. The molecule has 0 atom stereocenters. The molecule has 3 aromatic rings. The number of hydrogen-bond acceptors (Lipinski definition) is 6. The molecule has 2 aromatic carbocycles. The van der Waals surface area contributed by atoms with E-state index in [4.69, 9.17) is 32.4 Å². The standard InChI is InChI=1S/C20H19Cl2N3O3S/c1-12(2)13-3-6-15(7-4-13)27-10-19-24-25-20(28-19)29-11-18(26)23-17-9-14(21)5-8-16(17)22/h3-9,12H,10-11H2,1-2H3,(H,23,26). The number of hydrogen-bond donors (Lipinski definition) is 1. The van der Waals surface area contributed by atoms with Crippen LogP contribution < -0.4 is 10.1 Å². The highest BCUT2D eigenvalue weighted by molar-refractivity contribution is 7.99. The average molecular weight is 452 g/mol. The predicted molar refractivity (Wildman–Crippen MR) is 115 cm³/mol. The van der Waals surface area contributed by atoms with Gasteiger partial charge in [0.2, 0.25) is 5.91 Å². The van der Waals surface area contributed by atoms with Gasteiger partial charge in [-0.1, -0.05) is 60.9 Å². The fraction of sp³-hybridized carbons (Fsp3) is 0.250. The van der Waals surface area contributed by atoms with E-state index in [1.807, 2.05) is 24.3 Å². The first-order valence-corrected chi connectivity index (χ1v) is 10.6. The molecule has 0 aliphatic carbocycles. The molecule has 3 rings (SSSR count). The molecule has 152 valence electrons. The molecule has 0 fully saturated rings. The smallest absolute Gasteiger partial charge is 0.277 e. The summed E-state index contributed by atoms with van der Waals surface area (Å²) < 4.78 is 11.2. The van der Waals surface area contributed by atoms with E-state index in [1.54, 1.807) is 18.2 Å². The van der Waals surface area contributed by atoms with Gasteiger partial charge >= 0.3 is 0 Å². The number of halogens is 2. The zero-order valence-electron chi connectivity index (χ0n) is 15.8. The Morgan fingerprint density at radius 3 is 2.66 bits per heavy atom. The lowest BCUT2D eigenvalue weighted by Gasteiger charge is -2.07. The fourth-order valence-electron chi connectivity index (χ4n) is 2.36. The van der Waals surface area contributed by atoms with Crippen molar-refractivity contribution in [2.75, 3.05) is 11.1 Å². The second-order valence-corrected chi connectivity index (χ2v) is 8.21. The van der Waals surface area contributed by atoms with Gasteiger partial charge in [-0.2, -0.15) is 0 Å². The molecular formula is C20H19Cl2N3O3S. The molecule has 9 heteroatoms. The summed E-state index contributed by atoms with van der Waals surface area (Å²) in [6, 6.07) is 12.7. The summed E-state index contributed by atoms with van der Waals surface area (Å²) in [5, 5.41) is 11.7. The van der Waals surface area contributed by atoms with Crippen molar-refractivity contribution in [2.45, 2.75) is 31.6 Å². The van der Waals surface area contributed by atoms with Gasteiger partial charge in [-0.3, -0.25) is 4.79 Å². The van der Waals surface area contributed by atoms with Crippen molar-refractivity contribution in [3.8, 4) is 5.75 Å². The Labute approximate surface area is 182 Å². The highest BCUT2D eigenvalue weighted by Crippen LogP contribution is 2.26. The minimum atomic E-state index is -0.264. The first-order valence-electron chi connectivity index (χ1n) is 8.83. The molecule has 1 aromatic heterocycles. The Balaban J connectivity index is 1.47. The molecule has 1 N–H and O–H groups in total. The quantitative estimate of drug-likeness (QED) is 0.435. The number of thioether (sulfide) groups is 1. The van der Waals surface area contributed by atoms with E-state index >= 15 is 0 Å². The molecule has 0 spiro atoms. The lowest BCUT2D eigenvalue weighted by Crippen LogP contribution is -2.14. The monoisotopic (exact) mass is 451 g/mol. The van der Waals surface area contributed by atoms with Crippen molar-refractivity contribution in [1.82, 2.24) is 10.2 Å². The van der Waals surface area contributed by atoms with Crippen LogP contribution in [0.15, 0.2) is 52.1 Å². The summed E-state index contributed by atoms with van der Waals surface area (Å²) in [5.41, 5.74) is 1.69. The van der Waals surface area contributed by atoms with Gasteiger partial charge in [-0.05, 0) is 41.8 Å². The van der Waals surface area contributed by atoms with Crippen molar-refractivity contribution in [2.24, 2.45) is 0 Å². The number of carbonyl (C=O) groups excluding carboxylic acids is 1. The Hall–Kier alpha value is -2.22. The van der Waals surface area contributed by atoms with E-state index in [9.17, 15) is 4.79 Å². The van der Waals surface area contributed by atoms with Crippen LogP contribution in [0.25, 0.3) is 0 Å². The lowest BCUT2D eigenvalue weighted by molar-refractivity contribution is -0.113. The third kappa shape index (κ3) is 6.39. The number of nitrogens with one attached hydrogen (secondary N) is 1. The van der Waals surface area contributed by atoms with Crippen molar-refractivity contribution in [1.29, 1.82) is 0 Å². The van der Waals surface area contributed by atoms with Crippen LogP contribution in [-0.4, -0.2) is 21.9 Å². The van der Waals surface area contributed by atoms with E-state index in [0.29, 0.717) is 27.5 Å². The van der Waals surface area contributed by atoms with E-state index in [0.717, 1.165) is 17.5 Å². The Morgan fingerprint density at radius 2 is 1.93 bits per heavy atom. The molecule has 0 radical (unpaired) electrons. The summed E-state index contributed by atoms with van der Waals surface area (Å²) in [5.74, 6) is 1.34. The average Bonchev–Trinajstić information content (AvgIpc) is 3.16. The first kappa shape index (κ1) is 21.5. The molecule has 29 heavy (non-hydrogen) atoms. The van der Waals surface area contributed by atoms with Crippen LogP contribution in [0.1, 0.15) is 31.2 Å². The molecular weight excluding hydrogens is 433 g/mol. The molecule has 1 heterocycles. The van der Waals surface area contributed by atoms with Gasteiger partial charge in [-0.25, -0.2) is 0 Å². The molecule has 0 aliphatic heterocycles. The Bertz CT molecular complexity index is 977. The van der Waals surface area contributed by atoms with E-state index in [2.05, 4.69) is 29.4 Å². The largest absolute Gasteiger partial charge is 0.484 e. The highest BCUT2D eigenvalue weighted by atomic mass is 35.5. The third-order valence-electron chi connectivity index (χ3n) is 3.89. The summed E-state index contributed by atoms with van der Waals surface area (Å²) in [7, 11) is 0. The van der Waals surface area contributed by atoms with Crippen LogP contribution in [-0.2, 0) is 11.4 Å². The highest BCUT2D eigenvalue weighted by Gasteiger charge is 2.12. The van der Waals surface area contributed by atoms with E-state index in [-0.39, 0.29) is 23.5 Å². The Morgan fingerprint density at radius 1 is 1.17 bits per heavy atom. The summed E-state index contributed by atoms with van der Waals surface area (Å²) in [6.45, 7) is 4.42. The summed E-state index contributed by atoms with van der Waals surface area (Å²) in [6.07, 6.45) is 0. The molecule has 0 saturated heterocycles. The van der Waals surface area contributed by atoms with Crippen LogP contribution in [0.2, 0.25) is 10.0 Å². The number of benzene rings is 2. The number of rotatable bonds is 8. The lowest BCUT2D eigenvalue weighted by atomic mass is 10.0. The number of carbonyl (C=O) groups is 1. The van der Waals surface area contributed by atoms with Crippen molar-refractivity contribution in [3.63, 3.8) is 0 Å². The maximum absolute atomic E-state index is 12.1. The van der Waals surface area contributed by atoms with Crippen LogP contribution >= 0.6 is 35.0 Å². The number of ether oxygens (including phenoxy) is 1. The number of amides is 1. The molecule has 1 amide bonds. The van der Waals surface area contributed by atoms with Crippen LogP contribution in [0.5, 0.6) is 5.75 Å². The number of nitrogens with zero attached hydrogens (tertiary/aromatic N) is 2. The molecule has 6 nitrogen and oxygen atoms in total. The van der Waals surface area contributed by atoms with Gasteiger partial charge in [0.25, 0.3) is 11.1 Å².